The summed E-state index contributed by atoms with van der Waals surface area (Å²) in [5.74, 6) is 12.0. The Morgan fingerprint density at radius 1 is 1.33 bits per heavy atom. The Labute approximate surface area is 110 Å². The third kappa shape index (κ3) is 2.70. The third-order valence-electron chi connectivity index (χ3n) is 4.44. The summed E-state index contributed by atoms with van der Waals surface area (Å²) in [6.45, 7) is 5.64. The van der Waals surface area contributed by atoms with E-state index in [1.807, 2.05) is 6.92 Å². The molecule has 1 aliphatic carbocycles. The average molecular weight is 251 g/mol. The van der Waals surface area contributed by atoms with E-state index in [1.165, 1.54) is 25.7 Å². The quantitative estimate of drug-likeness (QED) is 0.442. The van der Waals surface area contributed by atoms with E-state index in [9.17, 15) is 0 Å². The zero-order valence-electron chi connectivity index (χ0n) is 11.4. The number of nitrogens with zero attached hydrogens (tertiary/aromatic N) is 1. The van der Waals surface area contributed by atoms with Crippen LogP contribution in [0.25, 0.3) is 0 Å². The lowest BCUT2D eigenvalue weighted by Gasteiger charge is -2.47. The minimum absolute atomic E-state index is 0.197. The van der Waals surface area contributed by atoms with Crippen LogP contribution in [0.5, 0.6) is 0 Å². The van der Waals surface area contributed by atoms with Gasteiger partial charge in [-0.1, -0.05) is 12.8 Å². The molecule has 0 aromatic carbocycles. The first-order valence-electron chi connectivity index (χ1n) is 7.02. The van der Waals surface area contributed by atoms with Gasteiger partial charge in [0.15, 0.2) is 0 Å². The van der Waals surface area contributed by atoms with Gasteiger partial charge in [0.2, 0.25) is 0 Å². The summed E-state index contributed by atoms with van der Waals surface area (Å²) < 4.78 is 5.48. The lowest BCUT2D eigenvalue weighted by Crippen LogP contribution is -2.63. The summed E-state index contributed by atoms with van der Waals surface area (Å²) in [5, 5.41) is 0. The molecular formula is C14H25N3O. The predicted molar refractivity (Wildman–Crippen MR) is 72.8 cm³/mol. The molecule has 4 heteroatoms. The largest absolute Gasteiger partial charge is 0.379 e. The molecule has 2 rings (SSSR count). The van der Waals surface area contributed by atoms with Gasteiger partial charge in [-0.15, -0.1) is 11.8 Å². The molecule has 0 aromatic rings. The van der Waals surface area contributed by atoms with Crippen LogP contribution in [-0.4, -0.2) is 42.8 Å². The summed E-state index contributed by atoms with van der Waals surface area (Å²) in [6, 6.07) is 0.269. The Bertz CT molecular complexity index is 309. The fourth-order valence-electron chi connectivity index (χ4n) is 3.49. The summed E-state index contributed by atoms with van der Waals surface area (Å²) in [7, 11) is 0. The van der Waals surface area contributed by atoms with E-state index in [2.05, 4.69) is 22.2 Å². The normalized spacial score (nSPS) is 25.4. The van der Waals surface area contributed by atoms with Crippen LogP contribution in [0.2, 0.25) is 0 Å². The molecule has 18 heavy (non-hydrogen) atoms. The maximum Gasteiger partial charge on any atom is 0.0594 e. The zero-order valence-corrected chi connectivity index (χ0v) is 11.4. The molecule has 0 bridgehead atoms. The number of nitrogens with two attached hydrogens (primary N) is 1. The first-order chi connectivity index (χ1) is 8.83. The van der Waals surface area contributed by atoms with Crippen LogP contribution >= 0.6 is 0 Å². The highest BCUT2D eigenvalue weighted by Gasteiger charge is 2.45. The SMILES string of the molecule is CC#CCC(NN)C1(N2CCOCC2)CCCC1. The molecule has 4 nitrogen and oxygen atoms in total. The first kappa shape index (κ1) is 13.8. The molecule has 1 saturated carbocycles. The van der Waals surface area contributed by atoms with Gasteiger partial charge in [0.05, 0.1) is 19.3 Å². The zero-order chi connectivity index (χ0) is 12.8. The predicted octanol–water partition coefficient (Wildman–Crippen LogP) is 0.877. The lowest BCUT2D eigenvalue weighted by atomic mass is 9.84. The van der Waals surface area contributed by atoms with Gasteiger partial charge in [-0.2, -0.15) is 0 Å². The van der Waals surface area contributed by atoms with Gasteiger partial charge in [-0.25, -0.2) is 0 Å². The summed E-state index contributed by atoms with van der Waals surface area (Å²) in [4.78, 5) is 2.59. The van der Waals surface area contributed by atoms with Crippen molar-refractivity contribution in [2.24, 2.45) is 5.84 Å². The monoisotopic (exact) mass is 251 g/mol. The van der Waals surface area contributed by atoms with Gasteiger partial charge in [0.1, 0.15) is 0 Å². The van der Waals surface area contributed by atoms with Crippen molar-refractivity contribution >= 4 is 0 Å². The van der Waals surface area contributed by atoms with Gasteiger partial charge in [0.25, 0.3) is 0 Å². The van der Waals surface area contributed by atoms with Crippen LogP contribution in [0.4, 0.5) is 0 Å². The Morgan fingerprint density at radius 3 is 2.56 bits per heavy atom. The van der Waals surface area contributed by atoms with Crippen molar-refractivity contribution in [2.45, 2.75) is 50.6 Å². The maximum atomic E-state index is 5.81. The van der Waals surface area contributed by atoms with Crippen LogP contribution in [0.15, 0.2) is 0 Å². The molecular weight excluding hydrogens is 226 g/mol. The number of nitrogens with one attached hydrogen (secondary N) is 1. The number of ether oxygens (including phenoxy) is 1. The van der Waals surface area contributed by atoms with E-state index < -0.39 is 0 Å². The van der Waals surface area contributed by atoms with Crippen molar-refractivity contribution in [3.63, 3.8) is 0 Å². The number of rotatable bonds is 4. The molecule has 1 heterocycles. The maximum absolute atomic E-state index is 5.81. The first-order valence-corrected chi connectivity index (χ1v) is 7.02. The molecule has 2 fully saturated rings. The van der Waals surface area contributed by atoms with Crippen molar-refractivity contribution < 1.29 is 4.74 Å². The topological polar surface area (TPSA) is 50.5 Å². The third-order valence-corrected chi connectivity index (χ3v) is 4.44. The second-order valence-corrected chi connectivity index (χ2v) is 5.26. The Hall–Kier alpha value is -0.600. The Morgan fingerprint density at radius 2 is 2.00 bits per heavy atom. The Balaban J connectivity index is 2.14. The van der Waals surface area contributed by atoms with Gasteiger partial charge in [-0.05, 0) is 19.8 Å². The summed E-state index contributed by atoms with van der Waals surface area (Å²) in [5.41, 5.74) is 3.23. The van der Waals surface area contributed by atoms with Gasteiger partial charge in [0, 0.05) is 25.0 Å². The summed E-state index contributed by atoms with van der Waals surface area (Å²) in [6.07, 6.45) is 5.90. The van der Waals surface area contributed by atoms with Crippen molar-refractivity contribution in [3.8, 4) is 11.8 Å². The van der Waals surface area contributed by atoms with Crippen molar-refractivity contribution in [1.29, 1.82) is 0 Å². The molecule has 0 spiro atoms. The molecule has 0 aromatic heterocycles. The van der Waals surface area contributed by atoms with E-state index in [4.69, 9.17) is 10.6 Å². The molecule has 1 saturated heterocycles. The molecule has 2 aliphatic rings. The highest BCUT2D eigenvalue weighted by atomic mass is 16.5. The molecule has 0 amide bonds. The van der Waals surface area contributed by atoms with Crippen LogP contribution in [-0.2, 0) is 4.74 Å². The second-order valence-electron chi connectivity index (χ2n) is 5.26. The number of hydrogen-bond acceptors (Lipinski definition) is 4. The number of morpholine rings is 1. The van der Waals surface area contributed by atoms with E-state index in [-0.39, 0.29) is 11.6 Å². The molecule has 1 aliphatic heterocycles. The van der Waals surface area contributed by atoms with E-state index in [0.29, 0.717) is 0 Å². The van der Waals surface area contributed by atoms with Crippen molar-refractivity contribution in [1.82, 2.24) is 10.3 Å². The van der Waals surface area contributed by atoms with E-state index >= 15 is 0 Å². The second kappa shape index (κ2) is 6.53. The lowest BCUT2D eigenvalue weighted by molar-refractivity contribution is -0.0351. The fraction of sp³-hybridized carbons (Fsp3) is 0.857. The minimum Gasteiger partial charge on any atom is -0.379 e. The standard InChI is InChI=1S/C14H25N3O/c1-2-3-6-13(16-15)14(7-4-5-8-14)17-9-11-18-12-10-17/h13,16H,4-12,15H2,1H3. The van der Waals surface area contributed by atoms with Crippen LogP contribution in [0.3, 0.4) is 0 Å². The van der Waals surface area contributed by atoms with Crippen molar-refractivity contribution in [2.75, 3.05) is 26.3 Å². The summed E-state index contributed by atoms with van der Waals surface area (Å²) >= 11 is 0. The highest BCUT2D eigenvalue weighted by Crippen LogP contribution is 2.39. The number of hydrazine groups is 1. The number of hydrogen-bond donors (Lipinski definition) is 2. The van der Waals surface area contributed by atoms with Gasteiger partial charge < -0.3 is 4.74 Å². The van der Waals surface area contributed by atoms with Crippen LogP contribution < -0.4 is 11.3 Å². The molecule has 1 atom stereocenters. The van der Waals surface area contributed by atoms with Gasteiger partial charge >= 0.3 is 0 Å². The smallest absolute Gasteiger partial charge is 0.0594 e. The van der Waals surface area contributed by atoms with Gasteiger partial charge in [-0.3, -0.25) is 16.2 Å². The molecule has 0 radical (unpaired) electrons. The molecule has 1 unspecified atom stereocenters. The van der Waals surface area contributed by atoms with E-state index in [0.717, 1.165) is 32.7 Å². The molecule has 3 N–H and O–H groups in total. The van der Waals surface area contributed by atoms with E-state index in [1.54, 1.807) is 0 Å². The molecule has 102 valence electrons. The fourth-order valence-corrected chi connectivity index (χ4v) is 3.49. The minimum atomic E-state index is 0.197. The Kier molecular flexibility index (Phi) is 5.02. The highest BCUT2D eigenvalue weighted by molar-refractivity contribution is 5.09. The average Bonchev–Trinajstić information content (AvgIpc) is 2.91. The van der Waals surface area contributed by atoms with Crippen LogP contribution in [0, 0.1) is 11.8 Å². The van der Waals surface area contributed by atoms with Crippen molar-refractivity contribution in [3.05, 3.63) is 0 Å². The van der Waals surface area contributed by atoms with Crippen LogP contribution in [0.1, 0.15) is 39.0 Å².